The first-order valence-electron chi connectivity index (χ1n) is 2.68. The van der Waals surface area contributed by atoms with E-state index in [0.717, 1.165) is 0 Å². The van der Waals surface area contributed by atoms with E-state index in [1.54, 1.807) is 18.2 Å². The van der Waals surface area contributed by atoms with E-state index in [1.165, 1.54) is 12.1 Å². The van der Waals surface area contributed by atoms with Gasteiger partial charge in [-0.25, -0.2) is 0 Å². The van der Waals surface area contributed by atoms with E-state index < -0.39 is 7.19 Å². The fraction of sp³-hybridized carbons (Fsp3) is 0. The third-order valence-electron chi connectivity index (χ3n) is 1.07. The Bertz CT molecular complexity index is 176. The van der Waals surface area contributed by atoms with Crippen LogP contribution in [0.4, 0.5) is 4.32 Å². The van der Waals surface area contributed by atoms with Gasteiger partial charge in [0.15, 0.2) is 0 Å². The van der Waals surface area contributed by atoms with Crippen LogP contribution in [0.25, 0.3) is 0 Å². The fourth-order valence-electron chi connectivity index (χ4n) is 0.612. The minimum Gasteiger partial charge on any atom is -0.420 e. The number of benzene rings is 1. The van der Waals surface area contributed by atoms with E-state index in [1.807, 2.05) is 0 Å². The summed E-state index contributed by atoms with van der Waals surface area (Å²) in [4.78, 5) is 0. The molecule has 0 saturated heterocycles. The average molecular weight is 124 g/mol. The zero-order chi connectivity index (χ0) is 6.69. The lowest BCUT2D eigenvalue weighted by molar-refractivity contribution is 0.515. The molecule has 0 radical (unpaired) electrons. The minimum atomic E-state index is -1.84. The molecule has 0 fully saturated rings. The molecular formula is C6H6BFO. The second-order valence-corrected chi connectivity index (χ2v) is 1.75. The van der Waals surface area contributed by atoms with Crippen molar-refractivity contribution < 1.29 is 9.34 Å². The van der Waals surface area contributed by atoms with Gasteiger partial charge in [-0.15, -0.1) is 0 Å². The van der Waals surface area contributed by atoms with Gasteiger partial charge < -0.3 is 5.02 Å². The molecule has 0 heterocycles. The zero-order valence-electron chi connectivity index (χ0n) is 4.79. The molecule has 1 aromatic carbocycles. The van der Waals surface area contributed by atoms with Gasteiger partial charge in [0, 0.05) is 0 Å². The SMILES string of the molecule is OB(F)c1ccccc1. The molecule has 46 valence electrons. The maximum atomic E-state index is 12.0. The minimum absolute atomic E-state index is 0.303. The number of rotatable bonds is 1. The molecule has 0 atom stereocenters. The van der Waals surface area contributed by atoms with Crippen molar-refractivity contribution in [1.82, 2.24) is 0 Å². The van der Waals surface area contributed by atoms with E-state index in [2.05, 4.69) is 0 Å². The molecule has 1 aromatic rings. The van der Waals surface area contributed by atoms with E-state index >= 15 is 0 Å². The van der Waals surface area contributed by atoms with Gasteiger partial charge in [0.2, 0.25) is 0 Å². The Kier molecular flexibility index (Phi) is 1.85. The van der Waals surface area contributed by atoms with E-state index in [0.29, 0.717) is 5.46 Å². The summed E-state index contributed by atoms with van der Waals surface area (Å²) in [5, 5.41) is 8.36. The lowest BCUT2D eigenvalue weighted by Gasteiger charge is -1.92. The van der Waals surface area contributed by atoms with Gasteiger partial charge in [-0.05, 0) is 5.46 Å². The molecule has 3 heteroatoms. The van der Waals surface area contributed by atoms with Crippen molar-refractivity contribution in [2.45, 2.75) is 0 Å². The highest BCUT2D eigenvalue weighted by atomic mass is 19.1. The first-order valence-corrected chi connectivity index (χ1v) is 2.68. The van der Waals surface area contributed by atoms with Crippen molar-refractivity contribution in [2.24, 2.45) is 0 Å². The molecule has 0 aromatic heterocycles. The normalized spacial score (nSPS) is 9.11. The monoisotopic (exact) mass is 124 g/mol. The Morgan fingerprint density at radius 3 is 2.11 bits per heavy atom. The second kappa shape index (κ2) is 2.64. The molecular weight excluding hydrogens is 118 g/mol. The predicted molar refractivity (Wildman–Crippen MR) is 35.2 cm³/mol. The van der Waals surface area contributed by atoms with Crippen LogP contribution in [-0.2, 0) is 0 Å². The third kappa shape index (κ3) is 1.54. The summed E-state index contributed by atoms with van der Waals surface area (Å²) < 4.78 is 12.0. The van der Waals surface area contributed by atoms with Crippen LogP contribution in [0.5, 0.6) is 0 Å². The van der Waals surface area contributed by atoms with Crippen LogP contribution >= 0.6 is 0 Å². The van der Waals surface area contributed by atoms with Crippen LogP contribution in [0.15, 0.2) is 30.3 Å². The van der Waals surface area contributed by atoms with Crippen LogP contribution in [0, 0.1) is 0 Å². The summed E-state index contributed by atoms with van der Waals surface area (Å²) in [6, 6.07) is 8.19. The highest BCUT2D eigenvalue weighted by molar-refractivity contribution is 6.59. The lowest BCUT2D eigenvalue weighted by atomic mass is 9.83. The Balaban J connectivity index is 2.85. The third-order valence-corrected chi connectivity index (χ3v) is 1.07. The number of hydrogen-bond acceptors (Lipinski definition) is 1. The summed E-state index contributed by atoms with van der Waals surface area (Å²) in [5.74, 6) is 0. The van der Waals surface area contributed by atoms with Crippen molar-refractivity contribution in [1.29, 1.82) is 0 Å². The summed E-state index contributed by atoms with van der Waals surface area (Å²) in [5.41, 5.74) is 0.303. The standard InChI is InChI=1S/C6H6BFO/c8-7(9)6-4-2-1-3-5-6/h1-5,9H. The summed E-state index contributed by atoms with van der Waals surface area (Å²) in [6.45, 7) is 0. The molecule has 0 aliphatic rings. The molecule has 0 aliphatic heterocycles. The highest BCUT2D eigenvalue weighted by Crippen LogP contribution is 1.85. The Morgan fingerprint density at radius 1 is 1.22 bits per heavy atom. The van der Waals surface area contributed by atoms with Crippen LogP contribution in [-0.4, -0.2) is 12.2 Å². The first kappa shape index (κ1) is 6.30. The van der Waals surface area contributed by atoms with Crippen molar-refractivity contribution in [3.63, 3.8) is 0 Å². The van der Waals surface area contributed by atoms with E-state index in [4.69, 9.17) is 5.02 Å². The van der Waals surface area contributed by atoms with Gasteiger partial charge in [0.05, 0.1) is 0 Å². The average Bonchev–Trinajstić information content (AvgIpc) is 1.90. The number of hydrogen-bond donors (Lipinski definition) is 1. The Labute approximate surface area is 53.3 Å². The van der Waals surface area contributed by atoms with Crippen molar-refractivity contribution in [3.05, 3.63) is 30.3 Å². The van der Waals surface area contributed by atoms with Crippen molar-refractivity contribution in [3.8, 4) is 0 Å². The summed E-state index contributed by atoms with van der Waals surface area (Å²) >= 11 is 0. The molecule has 0 aliphatic carbocycles. The lowest BCUT2D eigenvalue weighted by Crippen LogP contribution is -2.24. The number of halogens is 1. The maximum Gasteiger partial charge on any atom is 0.532 e. The van der Waals surface area contributed by atoms with Gasteiger partial charge >= 0.3 is 7.19 Å². The molecule has 1 rings (SSSR count). The predicted octanol–water partition coefficient (Wildman–Crippen LogP) is 0.344. The summed E-state index contributed by atoms with van der Waals surface area (Å²) in [7, 11) is -1.84. The topological polar surface area (TPSA) is 20.2 Å². The molecule has 0 bridgehead atoms. The van der Waals surface area contributed by atoms with Crippen molar-refractivity contribution >= 4 is 12.7 Å². The smallest absolute Gasteiger partial charge is 0.420 e. The molecule has 1 N–H and O–H groups in total. The Morgan fingerprint density at radius 2 is 1.78 bits per heavy atom. The van der Waals surface area contributed by atoms with Gasteiger partial charge in [-0.3, -0.25) is 4.32 Å². The second-order valence-electron chi connectivity index (χ2n) is 1.75. The molecule has 0 amide bonds. The molecule has 0 saturated carbocycles. The van der Waals surface area contributed by atoms with Gasteiger partial charge in [-0.2, -0.15) is 0 Å². The van der Waals surface area contributed by atoms with E-state index in [-0.39, 0.29) is 0 Å². The van der Waals surface area contributed by atoms with Crippen LogP contribution in [0.2, 0.25) is 0 Å². The Hall–Kier alpha value is -0.825. The molecule has 9 heavy (non-hydrogen) atoms. The van der Waals surface area contributed by atoms with E-state index in [9.17, 15) is 4.32 Å². The van der Waals surface area contributed by atoms with Gasteiger partial charge in [0.1, 0.15) is 0 Å². The van der Waals surface area contributed by atoms with Crippen LogP contribution < -0.4 is 5.46 Å². The zero-order valence-corrected chi connectivity index (χ0v) is 4.79. The largest absolute Gasteiger partial charge is 0.532 e. The van der Waals surface area contributed by atoms with Crippen LogP contribution in [0.3, 0.4) is 0 Å². The summed E-state index contributed by atoms with van der Waals surface area (Å²) in [6.07, 6.45) is 0. The molecule has 0 spiro atoms. The van der Waals surface area contributed by atoms with Gasteiger partial charge in [0.25, 0.3) is 0 Å². The van der Waals surface area contributed by atoms with Gasteiger partial charge in [-0.1, -0.05) is 30.3 Å². The molecule has 1 nitrogen and oxygen atoms in total. The highest BCUT2D eigenvalue weighted by Gasteiger charge is 2.10. The quantitative estimate of drug-likeness (QED) is 0.535. The first-order chi connectivity index (χ1) is 4.30. The molecule has 0 unspecified atom stereocenters. The maximum absolute atomic E-state index is 12.0. The fourth-order valence-corrected chi connectivity index (χ4v) is 0.612. The van der Waals surface area contributed by atoms with Crippen molar-refractivity contribution in [2.75, 3.05) is 0 Å². The van der Waals surface area contributed by atoms with Crippen LogP contribution in [0.1, 0.15) is 0 Å².